The van der Waals surface area contributed by atoms with Gasteiger partial charge in [-0.15, -0.1) is 0 Å². The minimum absolute atomic E-state index is 0.00403. The molecule has 1 heterocycles. The molecule has 7 heteroatoms. The summed E-state index contributed by atoms with van der Waals surface area (Å²) < 4.78 is 5.01. The average Bonchev–Trinajstić information content (AvgIpc) is 3.28. The number of likely N-dealkylation sites (tertiary alicyclic amines) is 1. The molecule has 1 N–H and O–H groups in total. The molecule has 7 nitrogen and oxygen atoms in total. The second-order valence-electron chi connectivity index (χ2n) is 7.78. The number of amides is 3. The molecule has 2 atom stereocenters. The summed E-state index contributed by atoms with van der Waals surface area (Å²) in [5.41, 5.74) is 3.25. The number of carbonyl (C=O) groups is 4. The Hall–Kier alpha value is -2.96. The Morgan fingerprint density at radius 1 is 1.03 bits per heavy atom. The van der Waals surface area contributed by atoms with E-state index in [1.54, 1.807) is 0 Å². The molecule has 3 aliphatic rings. The third kappa shape index (κ3) is 4.09. The van der Waals surface area contributed by atoms with Crippen LogP contribution < -0.4 is 5.32 Å². The molecule has 1 aromatic carbocycles. The van der Waals surface area contributed by atoms with Gasteiger partial charge in [-0.05, 0) is 55.4 Å². The summed E-state index contributed by atoms with van der Waals surface area (Å²) in [6.45, 7) is -0.400. The molecule has 0 unspecified atom stereocenters. The number of nitrogens with one attached hydrogen (secondary N) is 1. The number of ether oxygens (including phenoxy) is 1. The number of fused-ring (bicyclic) bond motifs is 2. The highest BCUT2D eigenvalue weighted by atomic mass is 16.5. The minimum atomic E-state index is -0.609. The zero-order valence-corrected chi connectivity index (χ0v) is 16.2. The predicted molar refractivity (Wildman–Crippen MR) is 105 cm³/mol. The first-order valence-electron chi connectivity index (χ1n) is 10.1. The van der Waals surface area contributed by atoms with Crippen molar-refractivity contribution in [1.82, 2.24) is 4.90 Å². The third-order valence-electron chi connectivity index (χ3n) is 5.88. The van der Waals surface area contributed by atoms with Gasteiger partial charge < -0.3 is 10.1 Å². The van der Waals surface area contributed by atoms with Crippen molar-refractivity contribution >= 4 is 29.4 Å². The van der Waals surface area contributed by atoms with Crippen LogP contribution in [0, 0.1) is 11.8 Å². The van der Waals surface area contributed by atoms with Crippen molar-refractivity contribution in [2.24, 2.45) is 11.8 Å². The number of nitrogens with zero attached hydrogens (tertiary/aromatic N) is 1. The SMILES string of the molecule is O=C(COC(=O)CCN1C(=O)[C@@H]2CC=CC[C@H]2C1=O)Nc1ccc2c(c1)CCC2. The van der Waals surface area contributed by atoms with Crippen LogP contribution in [0.3, 0.4) is 0 Å². The lowest BCUT2D eigenvalue weighted by Crippen LogP contribution is -2.33. The van der Waals surface area contributed by atoms with Gasteiger partial charge in [0.05, 0.1) is 18.3 Å². The first-order chi connectivity index (χ1) is 14.0. The Labute approximate surface area is 169 Å². The van der Waals surface area contributed by atoms with Gasteiger partial charge in [-0.1, -0.05) is 18.2 Å². The van der Waals surface area contributed by atoms with Crippen molar-refractivity contribution in [3.05, 3.63) is 41.5 Å². The van der Waals surface area contributed by atoms with E-state index in [0.29, 0.717) is 18.5 Å². The number of hydrogen-bond donors (Lipinski definition) is 1. The maximum Gasteiger partial charge on any atom is 0.308 e. The van der Waals surface area contributed by atoms with Gasteiger partial charge in [-0.2, -0.15) is 0 Å². The number of rotatable bonds is 6. The smallest absolute Gasteiger partial charge is 0.308 e. The number of hydrogen-bond acceptors (Lipinski definition) is 5. The van der Waals surface area contributed by atoms with Crippen molar-refractivity contribution in [3.8, 4) is 0 Å². The number of carbonyl (C=O) groups excluding carboxylic acids is 4. The van der Waals surface area contributed by atoms with E-state index in [0.717, 1.165) is 24.2 Å². The molecule has 0 bridgehead atoms. The van der Waals surface area contributed by atoms with Crippen LogP contribution in [0.2, 0.25) is 0 Å². The van der Waals surface area contributed by atoms with Crippen LogP contribution in [0.25, 0.3) is 0 Å². The van der Waals surface area contributed by atoms with Gasteiger partial charge in [0, 0.05) is 12.2 Å². The zero-order valence-electron chi connectivity index (χ0n) is 16.2. The van der Waals surface area contributed by atoms with Crippen molar-refractivity contribution in [2.45, 2.75) is 38.5 Å². The van der Waals surface area contributed by atoms with Crippen LogP contribution in [0.5, 0.6) is 0 Å². The molecular weight excluding hydrogens is 372 g/mol. The first-order valence-corrected chi connectivity index (χ1v) is 10.1. The average molecular weight is 396 g/mol. The summed E-state index contributed by atoms with van der Waals surface area (Å²) in [6.07, 6.45) is 8.08. The summed E-state index contributed by atoms with van der Waals surface area (Å²) in [5, 5.41) is 2.73. The normalized spacial score (nSPS) is 22.4. The second-order valence-corrected chi connectivity index (χ2v) is 7.78. The Morgan fingerprint density at radius 3 is 2.45 bits per heavy atom. The number of allylic oxidation sites excluding steroid dienone is 2. The number of esters is 1. The summed E-state index contributed by atoms with van der Waals surface area (Å²) in [6, 6.07) is 5.82. The second kappa shape index (κ2) is 8.19. The minimum Gasteiger partial charge on any atom is -0.456 e. The highest BCUT2D eigenvalue weighted by Crippen LogP contribution is 2.35. The van der Waals surface area contributed by atoms with E-state index in [1.165, 1.54) is 11.1 Å². The third-order valence-corrected chi connectivity index (χ3v) is 5.88. The van der Waals surface area contributed by atoms with Crippen LogP contribution in [-0.2, 0) is 36.8 Å². The zero-order chi connectivity index (χ0) is 20.4. The monoisotopic (exact) mass is 396 g/mol. The lowest BCUT2D eigenvalue weighted by atomic mass is 9.85. The van der Waals surface area contributed by atoms with Crippen LogP contribution in [0.1, 0.15) is 36.8 Å². The number of aryl methyl sites for hydroxylation is 2. The Kier molecular flexibility index (Phi) is 5.47. The number of benzene rings is 1. The molecular formula is C22H24N2O5. The molecule has 0 radical (unpaired) electrons. The summed E-state index contributed by atoms with van der Waals surface area (Å²) in [5.74, 6) is -2.06. The standard InChI is InChI=1S/C22H24N2O5/c25-19(23-16-9-8-14-4-3-5-15(14)12-16)13-29-20(26)10-11-24-21(27)17-6-1-2-7-18(17)22(24)28/h1-2,8-9,12,17-18H,3-7,10-11,13H2,(H,23,25)/t17-,18-/m1/s1. The van der Waals surface area contributed by atoms with E-state index in [-0.39, 0.29) is 36.6 Å². The molecule has 29 heavy (non-hydrogen) atoms. The summed E-state index contributed by atoms with van der Waals surface area (Å²) in [7, 11) is 0. The Bertz CT molecular complexity index is 865. The predicted octanol–water partition coefficient (Wildman–Crippen LogP) is 2.00. The highest BCUT2D eigenvalue weighted by molar-refractivity contribution is 6.05. The van der Waals surface area contributed by atoms with Gasteiger partial charge in [0.25, 0.3) is 5.91 Å². The van der Waals surface area contributed by atoms with Gasteiger partial charge in [-0.3, -0.25) is 24.1 Å². The lowest BCUT2D eigenvalue weighted by molar-refractivity contribution is -0.148. The Balaban J connectivity index is 1.21. The Morgan fingerprint density at radius 2 is 1.72 bits per heavy atom. The first kappa shape index (κ1) is 19.4. The molecule has 0 spiro atoms. The van der Waals surface area contributed by atoms with E-state index >= 15 is 0 Å². The van der Waals surface area contributed by atoms with Crippen molar-refractivity contribution in [1.29, 1.82) is 0 Å². The van der Waals surface area contributed by atoms with E-state index in [2.05, 4.69) is 5.32 Å². The number of imide groups is 1. The van der Waals surface area contributed by atoms with Gasteiger partial charge in [0.1, 0.15) is 0 Å². The van der Waals surface area contributed by atoms with Crippen molar-refractivity contribution < 1.29 is 23.9 Å². The molecule has 1 fully saturated rings. The van der Waals surface area contributed by atoms with E-state index in [4.69, 9.17) is 4.74 Å². The van der Waals surface area contributed by atoms with Crippen LogP contribution in [0.4, 0.5) is 5.69 Å². The summed E-state index contributed by atoms with van der Waals surface area (Å²) in [4.78, 5) is 49.9. The molecule has 3 amide bonds. The topological polar surface area (TPSA) is 92.8 Å². The fourth-order valence-corrected chi connectivity index (χ4v) is 4.36. The summed E-state index contributed by atoms with van der Waals surface area (Å²) >= 11 is 0. The molecule has 0 saturated carbocycles. The molecule has 2 aliphatic carbocycles. The lowest BCUT2D eigenvalue weighted by Gasteiger charge is -2.14. The number of anilines is 1. The van der Waals surface area contributed by atoms with Crippen LogP contribution in [-0.4, -0.2) is 41.7 Å². The van der Waals surface area contributed by atoms with Gasteiger partial charge in [0.15, 0.2) is 6.61 Å². The van der Waals surface area contributed by atoms with E-state index < -0.39 is 18.5 Å². The molecule has 152 valence electrons. The molecule has 1 aliphatic heterocycles. The van der Waals surface area contributed by atoms with E-state index in [9.17, 15) is 19.2 Å². The highest BCUT2D eigenvalue weighted by Gasteiger charge is 2.46. The van der Waals surface area contributed by atoms with Gasteiger partial charge >= 0.3 is 5.97 Å². The fraction of sp³-hybridized carbons (Fsp3) is 0.455. The fourth-order valence-electron chi connectivity index (χ4n) is 4.36. The molecule has 1 saturated heterocycles. The molecule has 4 rings (SSSR count). The largest absolute Gasteiger partial charge is 0.456 e. The maximum absolute atomic E-state index is 12.4. The molecule has 1 aromatic rings. The van der Waals surface area contributed by atoms with Crippen molar-refractivity contribution in [3.63, 3.8) is 0 Å². The quantitative estimate of drug-likeness (QED) is 0.451. The van der Waals surface area contributed by atoms with E-state index in [1.807, 2.05) is 30.4 Å². The van der Waals surface area contributed by atoms with Crippen LogP contribution in [0.15, 0.2) is 30.4 Å². The van der Waals surface area contributed by atoms with Gasteiger partial charge in [0.2, 0.25) is 11.8 Å². The van der Waals surface area contributed by atoms with Crippen molar-refractivity contribution in [2.75, 3.05) is 18.5 Å². The van der Waals surface area contributed by atoms with Gasteiger partial charge in [-0.25, -0.2) is 0 Å². The maximum atomic E-state index is 12.4. The van der Waals surface area contributed by atoms with Crippen LogP contribution >= 0.6 is 0 Å². The molecule has 0 aromatic heterocycles.